The molecule has 34 heavy (non-hydrogen) atoms. The van der Waals surface area contributed by atoms with Gasteiger partial charge in [0.1, 0.15) is 14.7 Å². The Labute approximate surface area is 213 Å². The predicted molar refractivity (Wildman–Crippen MR) is 134 cm³/mol. The molecule has 0 aliphatic heterocycles. The normalized spacial score (nSPS) is 11.1. The molecule has 0 fully saturated rings. The van der Waals surface area contributed by atoms with Crippen LogP contribution in [0.4, 0.5) is 21.9 Å². The summed E-state index contributed by atoms with van der Waals surface area (Å²) < 4.78 is 5.44. The van der Waals surface area contributed by atoms with E-state index in [0.717, 1.165) is 23.1 Å². The summed E-state index contributed by atoms with van der Waals surface area (Å²) in [4.78, 5) is 39.9. The number of nitrogens with zero attached hydrogens (tertiary/aromatic N) is 2. The zero-order valence-electron chi connectivity index (χ0n) is 18.0. The summed E-state index contributed by atoms with van der Waals surface area (Å²) in [6, 6.07) is 7.54. The first-order chi connectivity index (χ1) is 15.9. The molecule has 2 heterocycles. The molecule has 0 spiro atoms. The van der Waals surface area contributed by atoms with E-state index in [4.69, 9.17) is 27.9 Å². The van der Waals surface area contributed by atoms with Gasteiger partial charge < -0.3 is 10.1 Å². The first-order valence-electron chi connectivity index (χ1n) is 9.59. The third-order valence-corrected chi connectivity index (χ3v) is 7.15. The number of nitro groups is 1. The number of nitrogens with one attached hydrogen (secondary N) is 2. The second-order valence-electron chi connectivity index (χ2n) is 7.73. The number of aromatic nitrogens is 1. The van der Waals surface area contributed by atoms with E-state index in [1.54, 1.807) is 45.0 Å². The van der Waals surface area contributed by atoms with Gasteiger partial charge in [-0.2, -0.15) is 0 Å². The summed E-state index contributed by atoms with van der Waals surface area (Å²) in [6.07, 6.45) is 2.16. The molecule has 0 radical (unpaired) electrons. The van der Waals surface area contributed by atoms with Gasteiger partial charge in [-0.05, 0) is 45.0 Å². The average molecular weight is 541 g/mol. The fourth-order valence-electron chi connectivity index (χ4n) is 2.52. The number of halogens is 2. The minimum absolute atomic E-state index is 0.131. The van der Waals surface area contributed by atoms with Gasteiger partial charge in [-0.3, -0.25) is 25.2 Å². The lowest BCUT2D eigenvalue weighted by Crippen LogP contribution is -2.27. The van der Waals surface area contributed by atoms with Crippen LogP contribution in [-0.4, -0.2) is 27.5 Å². The van der Waals surface area contributed by atoms with E-state index in [9.17, 15) is 19.7 Å². The van der Waals surface area contributed by atoms with Gasteiger partial charge in [-0.15, -0.1) is 11.3 Å². The quantitative estimate of drug-likeness (QED) is 0.252. The van der Waals surface area contributed by atoms with Crippen LogP contribution in [0.15, 0.2) is 51.8 Å². The minimum atomic E-state index is -0.632. The van der Waals surface area contributed by atoms with Crippen LogP contribution in [0.1, 0.15) is 30.4 Å². The lowest BCUT2D eigenvalue weighted by atomic mass is 10.2. The topological polar surface area (TPSA) is 123 Å². The fourth-order valence-corrected chi connectivity index (χ4v) is 5.28. The Morgan fingerprint density at radius 3 is 2.18 bits per heavy atom. The third kappa shape index (κ3) is 6.83. The molecule has 3 rings (SSSR count). The molecular weight excluding hydrogens is 523 g/mol. The molecule has 0 unspecified atom stereocenters. The van der Waals surface area contributed by atoms with Crippen LogP contribution in [0.3, 0.4) is 0 Å². The van der Waals surface area contributed by atoms with Gasteiger partial charge >= 0.3 is 6.09 Å². The largest absolute Gasteiger partial charge is 0.444 e. The predicted octanol–water partition coefficient (Wildman–Crippen LogP) is 7.11. The van der Waals surface area contributed by atoms with Gasteiger partial charge in [0.05, 0.1) is 19.9 Å². The van der Waals surface area contributed by atoms with E-state index in [1.807, 2.05) is 0 Å². The van der Waals surface area contributed by atoms with Gasteiger partial charge in [-0.1, -0.05) is 35.0 Å². The molecule has 3 aromatic rings. The third-order valence-electron chi connectivity index (χ3n) is 3.89. The van der Waals surface area contributed by atoms with Crippen molar-refractivity contribution in [1.29, 1.82) is 0 Å². The van der Waals surface area contributed by atoms with Crippen molar-refractivity contribution < 1.29 is 19.2 Å². The number of pyridine rings is 1. The van der Waals surface area contributed by atoms with Crippen LogP contribution in [-0.2, 0) is 4.74 Å². The van der Waals surface area contributed by atoms with E-state index in [2.05, 4.69) is 15.6 Å². The molecule has 0 atom stereocenters. The van der Waals surface area contributed by atoms with Crippen molar-refractivity contribution in [2.45, 2.75) is 35.5 Å². The molecule has 0 bridgehead atoms. The van der Waals surface area contributed by atoms with Gasteiger partial charge in [0, 0.05) is 29.8 Å². The van der Waals surface area contributed by atoms with Gasteiger partial charge in [0.15, 0.2) is 0 Å². The van der Waals surface area contributed by atoms with E-state index in [-0.39, 0.29) is 24.8 Å². The Balaban J connectivity index is 1.73. The molecular formula is C21H18Cl2N4O5S2. The van der Waals surface area contributed by atoms with Gasteiger partial charge in [0.25, 0.3) is 11.6 Å². The monoisotopic (exact) mass is 540 g/mol. The summed E-state index contributed by atoms with van der Waals surface area (Å²) in [5, 5.41) is 17.3. The number of carbonyl (C=O) groups excluding carboxylic acids is 2. The molecule has 13 heteroatoms. The number of rotatable bonds is 6. The van der Waals surface area contributed by atoms with Crippen LogP contribution < -0.4 is 10.6 Å². The Morgan fingerprint density at radius 1 is 1.09 bits per heavy atom. The number of thiophene rings is 1. The van der Waals surface area contributed by atoms with Crippen LogP contribution in [0.5, 0.6) is 0 Å². The van der Waals surface area contributed by atoms with Crippen LogP contribution in [0.25, 0.3) is 0 Å². The van der Waals surface area contributed by atoms with Crippen molar-refractivity contribution in [2.24, 2.45) is 0 Å². The summed E-state index contributed by atoms with van der Waals surface area (Å²) >= 11 is 14.2. The smallest absolute Gasteiger partial charge is 0.412 e. The number of benzene rings is 1. The lowest BCUT2D eigenvalue weighted by molar-refractivity contribution is -0.387. The standard InChI is InChI=1S/C21H18Cl2N4O5S2/c1-21(2,3)32-20(29)26-12-6-4-11(5-7-12)25-18(28)16-8-15(27(30)31)19(33-16)34-17-13(22)9-24-10-14(17)23/h4-10H,1-3H3,(H,25,28)(H,26,29). The molecule has 2 aromatic heterocycles. The summed E-state index contributed by atoms with van der Waals surface area (Å²) in [6.45, 7) is 5.26. The van der Waals surface area contributed by atoms with Crippen LogP contribution in [0, 0.1) is 10.1 Å². The van der Waals surface area contributed by atoms with E-state index in [1.165, 1.54) is 18.5 Å². The Morgan fingerprint density at radius 2 is 1.65 bits per heavy atom. The SMILES string of the molecule is CC(C)(C)OC(=O)Nc1ccc(NC(=O)c2cc([N+](=O)[O-])c(Sc3c(Cl)cncc3Cl)s2)cc1. The number of carbonyl (C=O) groups is 2. The maximum atomic E-state index is 12.7. The molecule has 1 aromatic carbocycles. The highest BCUT2D eigenvalue weighted by molar-refractivity contribution is 8.01. The van der Waals surface area contributed by atoms with E-state index < -0.39 is 22.5 Å². The number of ether oxygens (including phenoxy) is 1. The second kappa shape index (κ2) is 10.6. The maximum absolute atomic E-state index is 12.7. The molecule has 0 saturated heterocycles. The molecule has 0 aliphatic rings. The molecule has 2 amide bonds. The summed E-state index contributed by atoms with van der Waals surface area (Å²) in [7, 11) is 0. The van der Waals surface area contributed by atoms with E-state index >= 15 is 0 Å². The summed E-state index contributed by atoms with van der Waals surface area (Å²) in [5.74, 6) is -0.528. The van der Waals surface area contributed by atoms with Crippen molar-refractivity contribution >= 4 is 75.4 Å². The Kier molecular flexibility index (Phi) is 8.03. The maximum Gasteiger partial charge on any atom is 0.412 e. The number of amides is 2. The highest BCUT2D eigenvalue weighted by Crippen LogP contribution is 2.45. The van der Waals surface area contributed by atoms with Gasteiger partial charge in [0.2, 0.25) is 0 Å². The number of hydrogen-bond acceptors (Lipinski definition) is 8. The molecule has 178 valence electrons. The Hall–Kier alpha value is -2.86. The first kappa shape index (κ1) is 25.8. The van der Waals surface area contributed by atoms with Gasteiger partial charge in [-0.25, -0.2) is 4.79 Å². The zero-order valence-corrected chi connectivity index (χ0v) is 21.2. The Bertz CT molecular complexity index is 1220. The first-order valence-corrected chi connectivity index (χ1v) is 12.0. The van der Waals surface area contributed by atoms with Crippen LogP contribution in [0.2, 0.25) is 10.0 Å². The van der Waals surface area contributed by atoms with E-state index in [0.29, 0.717) is 16.3 Å². The summed E-state index contributed by atoms with van der Waals surface area (Å²) in [5.41, 5.74) is 0.0435. The number of hydrogen-bond donors (Lipinski definition) is 2. The average Bonchev–Trinajstić information content (AvgIpc) is 3.15. The zero-order chi connectivity index (χ0) is 25.0. The highest BCUT2D eigenvalue weighted by atomic mass is 35.5. The van der Waals surface area contributed by atoms with Crippen LogP contribution >= 0.6 is 46.3 Å². The highest BCUT2D eigenvalue weighted by Gasteiger charge is 2.25. The van der Waals surface area contributed by atoms with Crippen molar-refractivity contribution in [1.82, 2.24) is 4.98 Å². The number of anilines is 2. The lowest BCUT2D eigenvalue weighted by Gasteiger charge is -2.19. The molecule has 2 N–H and O–H groups in total. The molecule has 0 aliphatic carbocycles. The molecule has 0 saturated carbocycles. The molecule has 9 nitrogen and oxygen atoms in total. The van der Waals surface area contributed by atoms with Crippen molar-refractivity contribution in [3.8, 4) is 0 Å². The fraction of sp³-hybridized carbons (Fsp3) is 0.190. The minimum Gasteiger partial charge on any atom is -0.444 e. The van der Waals surface area contributed by atoms with Crippen molar-refractivity contribution in [3.05, 3.63) is 67.8 Å². The second-order valence-corrected chi connectivity index (χ2v) is 10.9. The van der Waals surface area contributed by atoms with Crippen molar-refractivity contribution in [3.63, 3.8) is 0 Å². The van der Waals surface area contributed by atoms with Crippen molar-refractivity contribution in [2.75, 3.05) is 10.6 Å².